The first-order valence-electron chi connectivity index (χ1n) is 6.77. The first-order valence-corrected chi connectivity index (χ1v) is 7.65. The van der Waals surface area contributed by atoms with E-state index in [2.05, 4.69) is 28.5 Å². The van der Waals surface area contributed by atoms with E-state index in [0.29, 0.717) is 0 Å². The Balaban J connectivity index is 2.01. The van der Waals surface area contributed by atoms with Crippen LogP contribution in [0.5, 0.6) is 0 Å². The van der Waals surface area contributed by atoms with Crippen LogP contribution < -0.4 is 5.43 Å². The van der Waals surface area contributed by atoms with Crippen molar-refractivity contribution in [3.63, 3.8) is 0 Å². The number of amides is 1. The summed E-state index contributed by atoms with van der Waals surface area (Å²) in [5.74, 6) is -0.149. The van der Waals surface area contributed by atoms with Crippen molar-refractivity contribution in [1.29, 1.82) is 0 Å². The molecule has 0 unspecified atom stereocenters. The SMILES string of the molecule is C/C(=N/NC(=O)Cc1csc(C)n1)c1ccc(C)cc1C. The molecule has 0 spiro atoms. The van der Waals surface area contributed by atoms with E-state index in [4.69, 9.17) is 0 Å². The Morgan fingerprint density at radius 3 is 2.71 bits per heavy atom. The Labute approximate surface area is 128 Å². The number of carbonyl (C=O) groups excluding carboxylic acids is 1. The molecule has 0 saturated carbocycles. The maximum atomic E-state index is 11.8. The van der Waals surface area contributed by atoms with E-state index in [-0.39, 0.29) is 12.3 Å². The van der Waals surface area contributed by atoms with Crippen LogP contribution in [0, 0.1) is 20.8 Å². The zero-order valence-corrected chi connectivity index (χ0v) is 13.5. The van der Waals surface area contributed by atoms with Crippen LogP contribution in [0.4, 0.5) is 0 Å². The molecule has 1 N–H and O–H groups in total. The summed E-state index contributed by atoms with van der Waals surface area (Å²) in [6.45, 7) is 7.92. The normalized spacial score (nSPS) is 11.5. The van der Waals surface area contributed by atoms with Gasteiger partial charge in [0, 0.05) is 10.9 Å². The third-order valence-corrected chi connectivity index (χ3v) is 3.95. The Kier molecular flexibility index (Phi) is 4.85. The van der Waals surface area contributed by atoms with Crippen LogP contribution in [0.15, 0.2) is 28.7 Å². The summed E-state index contributed by atoms with van der Waals surface area (Å²) >= 11 is 1.54. The molecule has 0 radical (unpaired) electrons. The second kappa shape index (κ2) is 6.63. The standard InChI is InChI=1S/C16H19N3OS/c1-10-5-6-15(11(2)7-10)12(3)18-19-16(20)8-14-9-21-13(4)17-14/h5-7,9H,8H2,1-4H3,(H,19,20)/b18-12-. The monoisotopic (exact) mass is 301 g/mol. The number of benzene rings is 1. The van der Waals surface area contributed by atoms with E-state index < -0.39 is 0 Å². The summed E-state index contributed by atoms with van der Waals surface area (Å²) < 4.78 is 0. The molecular weight excluding hydrogens is 282 g/mol. The van der Waals surface area contributed by atoms with Crippen LogP contribution in [0.3, 0.4) is 0 Å². The maximum absolute atomic E-state index is 11.8. The molecule has 2 aromatic rings. The number of hydrogen-bond donors (Lipinski definition) is 1. The quantitative estimate of drug-likeness (QED) is 0.696. The molecule has 21 heavy (non-hydrogen) atoms. The Morgan fingerprint density at radius 1 is 1.33 bits per heavy atom. The van der Waals surface area contributed by atoms with Crippen LogP contribution in [0.2, 0.25) is 0 Å². The fourth-order valence-electron chi connectivity index (χ4n) is 2.12. The van der Waals surface area contributed by atoms with E-state index in [1.165, 1.54) is 5.56 Å². The van der Waals surface area contributed by atoms with Crippen molar-refractivity contribution in [3.05, 3.63) is 51.0 Å². The minimum atomic E-state index is -0.149. The fourth-order valence-corrected chi connectivity index (χ4v) is 2.73. The third-order valence-electron chi connectivity index (χ3n) is 3.13. The summed E-state index contributed by atoms with van der Waals surface area (Å²) in [5.41, 5.74) is 7.60. The number of aryl methyl sites for hydroxylation is 3. The van der Waals surface area contributed by atoms with Gasteiger partial charge >= 0.3 is 0 Å². The van der Waals surface area contributed by atoms with E-state index in [1.54, 1.807) is 11.3 Å². The highest BCUT2D eigenvalue weighted by molar-refractivity contribution is 7.09. The predicted molar refractivity (Wildman–Crippen MR) is 86.8 cm³/mol. The van der Waals surface area contributed by atoms with E-state index in [0.717, 1.165) is 27.5 Å². The van der Waals surface area contributed by atoms with Crippen molar-refractivity contribution < 1.29 is 4.79 Å². The molecule has 0 saturated heterocycles. The molecule has 0 bridgehead atoms. The molecule has 1 aromatic carbocycles. The molecular formula is C16H19N3OS. The smallest absolute Gasteiger partial charge is 0.246 e. The van der Waals surface area contributed by atoms with Gasteiger partial charge in [-0.25, -0.2) is 10.4 Å². The van der Waals surface area contributed by atoms with E-state index >= 15 is 0 Å². The van der Waals surface area contributed by atoms with E-state index in [9.17, 15) is 4.79 Å². The van der Waals surface area contributed by atoms with Gasteiger partial charge in [-0.15, -0.1) is 11.3 Å². The van der Waals surface area contributed by atoms with Gasteiger partial charge in [0.05, 0.1) is 22.8 Å². The summed E-state index contributed by atoms with van der Waals surface area (Å²) in [6.07, 6.45) is 0.258. The zero-order chi connectivity index (χ0) is 15.4. The zero-order valence-electron chi connectivity index (χ0n) is 12.7. The number of carbonyl (C=O) groups is 1. The number of aromatic nitrogens is 1. The number of hydrazone groups is 1. The Morgan fingerprint density at radius 2 is 2.10 bits per heavy atom. The molecule has 110 valence electrons. The molecule has 0 atom stereocenters. The highest BCUT2D eigenvalue weighted by Gasteiger charge is 2.07. The Hall–Kier alpha value is -2.01. The van der Waals surface area contributed by atoms with Gasteiger partial charge < -0.3 is 0 Å². The van der Waals surface area contributed by atoms with Crippen molar-refractivity contribution in [2.24, 2.45) is 5.10 Å². The summed E-state index contributed by atoms with van der Waals surface area (Å²) in [5, 5.41) is 7.04. The molecule has 5 heteroatoms. The molecule has 0 aliphatic rings. The minimum Gasteiger partial charge on any atom is -0.273 e. The second-order valence-corrected chi connectivity index (χ2v) is 6.15. The number of nitrogens with one attached hydrogen (secondary N) is 1. The summed E-state index contributed by atoms with van der Waals surface area (Å²) in [4.78, 5) is 16.1. The molecule has 2 rings (SSSR count). The molecule has 0 fully saturated rings. The van der Waals surface area contributed by atoms with Gasteiger partial charge in [-0.2, -0.15) is 5.10 Å². The van der Waals surface area contributed by atoms with Gasteiger partial charge in [0.25, 0.3) is 0 Å². The summed E-state index contributed by atoms with van der Waals surface area (Å²) in [6, 6.07) is 6.18. The van der Waals surface area contributed by atoms with Gasteiger partial charge in [-0.3, -0.25) is 4.79 Å². The predicted octanol–water partition coefficient (Wildman–Crippen LogP) is 3.15. The largest absolute Gasteiger partial charge is 0.273 e. The lowest BCUT2D eigenvalue weighted by Crippen LogP contribution is -2.21. The van der Waals surface area contributed by atoms with Crippen LogP contribution in [-0.2, 0) is 11.2 Å². The van der Waals surface area contributed by atoms with Gasteiger partial charge in [0.15, 0.2) is 0 Å². The lowest BCUT2D eigenvalue weighted by atomic mass is 10.0. The van der Waals surface area contributed by atoms with Crippen molar-refractivity contribution in [3.8, 4) is 0 Å². The van der Waals surface area contributed by atoms with Crippen LogP contribution in [0.25, 0.3) is 0 Å². The maximum Gasteiger partial charge on any atom is 0.246 e. The molecule has 0 aliphatic heterocycles. The minimum absolute atomic E-state index is 0.149. The Bertz CT molecular complexity index is 689. The van der Waals surface area contributed by atoms with E-state index in [1.807, 2.05) is 38.3 Å². The lowest BCUT2D eigenvalue weighted by Gasteiger charge is -2.06. The first-order chi connectivity index (χ1) is 9.95. The molecule has 0 aliphatic carbocycles. The van der Waals surface area contributed by atoms with Gasteiger partial charge in [0.1, 0.15) is 0 Å². The van der Waals surface area contributed by atoms with Gasteiger partial charge in [-0.1, -0.05) is 23.8 Å². The van der Waals surface area contributed by atoms with Crippen molar-refractivity contribution in [1.82, 2.24) is 10.4 Å². The first kappa shape index (κ1) is 15.4. The lowest BCUT2D eigenvalue weighted by molar-refractivity contribution is -0.120. The van der Waals surface area contributed by atoms with Gasteiger partial charge in [0.2, 0.25) is 5.91 Å². The molecule has 1 aromatic heterocycles. The van der Waals surface area contributed by atoms with Crippen molar-refractivity contribution in [2.75, 3.05) is 0 Å². The van der Waals surface area contributed by atoms with Crippen molar-refractivity contribution in [2.45, 2.75) is 34.1 Å². The van der Waals surface area contributed by atoms with Crippen LogP contribution in [0.1, 0.15) is 34.3 Å². The molecule has 4 nitrogen and oxygen atoms in total. The molecule has 1 heterocycles. The number of thiazole rings is 1. The third kappa shape index (κ3) is 4.23. The van der Waals surface area contributed by atoms with Gasteiger partial charge in [-0.05, 0) is 33.3 Å². The molecule has 1 amide bonds. The van der Waals surface area contributed by atoms with Crippen LogP contribution in [-0.4, -0.2) is 16.6 Å². The average molecular weight is 301 g/mol. The second-order valence-electron chi connectivity index (χ2n) is 5.09. The number of rotatable bonds is 4. The topological polar surface area (TPSA) is 54.4 Å². The highest BCUT2D eigenvalue weighted by Crippen LogP contribution is 2.11. The fraction of sp³-hybridized carbons (Fsp3) is 0.312. The van der Waals surface area contributed by atoms with Crippen molar-refractivity contribution >= 4 is 23.0 Å². The number of nitrogens with zero attached hydrogens (tertiary/aromatic N) is 2. The average Bonchev–Trinajstić information content (AvgIpc) is 2.81. The van der Waals surface area contributed by atoms with Crippen LogP contribution >= 0.6 is 11.3 Å². The highest BCUT2D eigenvalue weighted by atomic mass is 32.1. The summed E-state index contributed by atoms with van der Waals surface area (Å²) in [7, 11) is 0. The number of hydrogen-bond acceptors (Lipinski definition) is 4.